The summed E-state index contributed by atoms with van der Waals surface area (Å²) in [6.07, 6.45) is 0. The lowest BCUT2D eigenvalue weighted by molar-refractivity contribution is 0.0594. The van der Waals surface area contributed by atoms with Crippen LogP contribution in [0, 0.1) is 11.5 Å². The maximum atomic E-state index is 11.3. The number of aromatic nitrogens is 1. The zero-order valence-corrected chi connectivity index (χ0v) is 11.5. The third-order valence-corrected chi connectivity index (χ3v) is 2.75. The molecule has 0 aromatic carbocycles. The number of pyridine rings is 1. The Hall–Kier alpha value is -1.80. The molecular formula is C12H16N2O2Si. The van der Waals surface area contributed by atoms with E-state index in [9.17, 15) is 4.79 Å². The molecule has 5 heteroatoms. The van der Waals surface area contributed by atoms with E-state index < -0.39 is 14.0 Å². The molecule has 0 fully saturated rings. The Morgan fingerprint density at radius 3 is 2.59 bits per heavy atom. The van der Waals surface area contributed by atoms with Crippen molar-refractivity contribution in [1.82, 2.24) is 4.98 Å². The second kappa shape index (κ2) is 5.02. The van der Waals surface area contributed by atoms with Gasteiger partial charge in [-0.1, -0.05) is 25.6 Å². The number of carbonyl (C=O) groups excluding carboxylic acids is 1. The Morgan fingerprint density at radius 1 is 1.41 bits per heavy atom. The molecule has 0 aliphatic rings. The van der Waals surface area contributed by atoms with Gasteiger partial charge in [0.25, 0.3) is 0 Å². The van der Waals surface area contributed by atoms with E-state index in [1.54, 1.807) is 6.07 Å². The van der Waals surface area contributed by atoms with E-state index in [1.807, 2.05) is 0 Å². The predicted molar refractivity (Wildman–Crippen MR) is 70.2 cm³/mol. The number of carbonyl (C=O) groups is 1. The molecule has 0 aliphatic carbocycles. The number of rotatable bonds is 1. The van der Waals surface area contributed by atoms with Gasteiger partial charge in [-0.15, -0.1) is 5.54 Å². The third kappa shape index (κ3) is 3.92. The van der Waals surface area contributed by atoms with Gasteiger partial charge < -0.3 is 10.5 Å². The van der Waals surface area contributed by atoms with Crippen LogP contribution in [0.3, 0.4) is 0 Å². The fourth-order valence-corrected chi connectivity index (χ4v) is 1.53. The topological polar surface area (TPSA) is 65.2 Å². The third-order valence-electron chi connectivity index (χ3n) is 1.88. The minimum Gasteiger partial charge on any atom is -0.464 e. The van der Waals surface area contributed by atoms with Crippen LogP contribution in [0.1, 0.15) is 16.2 Å². The van der Waals surface area contributed by atoms with Crippen molar-refractivity contribution in [2.75, 3.05) is 12.8 Å². The molecule has 1 rings (SSSR count). The lowest BCUT2D eigenvalue weighted by Crippen LogP contribution is -2.16. The van der Waals surface area contributed by atoms with Crippen molar-refractivity contribution >= 4 is 19.7 Å². The van der Waals surface area contributed by atoms with Gasteiger partial charge in [0.05, 0.1) is 12.8 Å². The molecule has 4 nitrogen and oxygen atoms in total. The van der Waals surface area contributed by atoms with Crippen LogP contribution in [0.15, 0.2) is 12.1 Å². The molecule has 0 atom stereocenters. The highest BCUT2D eigenvalue weighted by atomic mass is 28.3. The zero-order valence-electron chi connectivity index (χ0n) is 10.5. The Balaban J connectivity index is 3.14. The van der Waals surface area contributed by atoms with Crippen LogP contribution >= 0.6 is 0 Å². The Bertz CT molecular complexity index is 495. The van der Waals surface area contributed by atoms with Crippen molar-refractivity contribution in [2.24, 2.45) is 0 Å². The number of anilines is 1. The number of nitrogens with zero attached hydrogens (tertiary/aromatic N) is 1. The van der Waals surface area contributed by atoms with Crippen molar-refractivity contribution in [1.29, 1.82) is 0 Å². The molecule has 0 radical (unpaired) electrons. The molecule has 0 amide bonds. The summed E-state index contributed by atoms with van der Waals surface area (Å²) in [5.74, 6) is 2.45. The number of methoxy groups -OCH3 is 1. The summed E-state index contributed by atoms with van der Waals surface area (Å²) >= 11 is 0. The molecule has 0 aliphatic heterocycles. The van der Waals surface area contributed by atoms with Crippen LogP contribution in [0.25, 0.3) is 0 Å². The SMILES string of the molecule is COC(=O)c1ccc(N)c(C#C[Si](C)(C)C)n1. The van der Waals surface area contributed by atoms with Crippen molar-refractivity contribution in [3.8, 4) is 11.5 Å². The first-order valence-electron chi connectivity index (χ1n) is 5.21. The van der Waals surface area contributed by atoms with Crippen LogP contribution < -0.4 is 5.73 Å². The van der Waals surface area contributed by atoms with Gasteiger partial charge in [-0.3, -0.25) is 0 Å². The van der Waals surface area contributed by atoms with Gasteiger partial charge in [0, 0.05) is 0 Å². The van der Waals surface area contributed by atoms with Gasteiger partial charge >= 0.3 is 5.97 Å². The fourth-order valence-electron chi connectivity index (χ4n) is 1.03. The van der Waals surface area contributed by atoms with E-state index >= 15 is 0 Å². The summed E-state index contributed by atoms with van der Waals surface area (Å²) < 4.78 is 4.59. The summed E-state index contributed by atoms with van der Waals surface area (Å²) in [5.41, 5.74) is 10.1. The molecule has 2 N–H and O–H groups in total. The van der Waals surface area contributed by atoms with Crippen molar-refractivity contribution in [3.05, 3.63) is 23.5 Å². The minimum atomic E-state index is -1.49. The molecule has 0 unspecified atom stereocenters. The number of nitrogens with two attached hydrogens (primary N) is 1. The van der Waals surface area contributed by atoms with E-state index in [2.05, 4.69) is 40.8 Å². The first kappa shape index (κ1) is 13.3. The second-order valence-electron chi connectivity index (χ2n) is 4.63. The molecule has 0 saturated carbocycles. The van der Waals surface area contributed by atoms with Crippen molar-refractivity contribution in [3.63, 3.8) is 0 Å². The van der Waals surface area contributed by atoms with E-state index in [4.69, 9.17) is 5.73 Å². The molecule has 17 heavy (non-hydrogen) atoms. The highest BCUT2D eigenvalue weighted by Gasteiger charge is 2.11. The van der Waals surface area contributed by atoms with Crippen LogP contribution in [0.5, 0.6) is 0 Å². The molecule has 0 spiro atoms. The monoisotopic (exact) mass is 248 g/mol. The molecular weight excluding hydrogens is 232 g/mol. The normalized spacial score (nSPS) is 10.4. The molecule has 1 heterocycles. The first-order chi connectivity index (χ1) is 7.83. The summed E-state index contributed by atoms with van der Waals surface area (Å²) in [6, 6.07) is 3.15. The van der Waals surface area contributed by atoms with E-state index in [0.29, 0.717) is 11.4 Å². The van der Waals surface area contributed by atoms with Gasteiger partial charge in [-0.05, 0) is 12.1 Å². The molecule has 0 saturated heterocycles. The number of ether oxygens (including phenoxy) is 1. The Labute approximate surface area is 102 Å². The Morgan fingerprint density at radius 2 is 2.06 bits per heavy atom. The predicted octanol–water partition coefficient (Wildman–Crippen LogP) is 1.68. The average molecular weight is 248 g/mol. The second-order valence-corrected chi connectivity index (χ2v) is 9.38. The van der Waals surface area contributed by atoms with Gasteiger partial charge in [-0.25, -0.2) is 9.78 Å². The van der Waals surface area contributed by atoms with Crippen molar-refractivity contribution < 1.29 is 9.53 Å². The molecule has 90 valence electrons. The summed E-state index contributed by atoms with van der Waals surface area (Å²) in [6.45, 7) is 6.38. The lowest BCUT2D eigenvalue weighted by atomic mass is 10.2. The molecule has 0 bridgehead atoms. The number of nitrogen functional groups attached to an aromatic ring is 1. The number of hydrogen-bond donors (Lipinski definition) is 1. The van der Waals surface area contributed by atoms with Gasteiger partial charge in [0.2, 0.25) is 0 Å². The standard InChI is InChI=1S/C12H16N2O2Si/c1-16-12(15)11-6-5-9(13)10(14-11)7-8-17(2,3)4/h5-6H,13H2,1-4H3. The summed E-state index contributed by atoms with van der Waals surface area (Å²) in [5, 5.41) is 0. The number of esters is 1. The minimum absolute atomic E-state index is 0.224. The van der Waals surface area contributed by atoms with E-state index in [-0.39, 0.29) is 5.69 Å². The van der Waals surface area contributed by atoms with E-state index in [1.165, 1.54) is 13.2 Å². The quantitative estimate of drug-likeness (QED) is 0.466. The fraction of sp³-hybridized carbons (Fsp3) is 0.333. The Kier molecular flexibility index (Phi) is 3.92. The highest BCUT2D eigenvalue weighted by molar-refractivity contribution is 6.83. The number of hydrogen-bond acceptors (Lipinski definition) is 4. The highest BCUT2D eigenvalue weighted by Crippen LogP contribution is 2.10. The average Bonchev–Trinajstić information content (AvgIpc) is 2.26. The lowest BCUT2D eigenvalue weighted by Gasteiger charge is -2.05. The van der Waals surface area contributed by atoms with Crippen LogP contribution in [-0.2, 0) is 4.74 Å². The maximum absolute atomic E-state index is 11.3. The van der Waals surface area contributed by atoms with Gasteiger partial charge in [-0.2, -0.15) is 0 Å². The first-order valence-corrected chi connectivity index (χ1v) is 8.71. The summed E-state index contributed by atoms with van der Waals surface area (Å²) in [7, 11) is -0.175. The smallest absolute Gasteiger partial charge is 0.356 e. The molecule has 1 aromatic rings. The van der Waals surface area contributed by atoms with Gasteiger partial charge in [0.1, 0.15) is 19.5 Å². The molecule has 1 aromatic heterocycles. The van der Waals surface area contributed by atoms with Crippen LogP contribution in [0.2, 0.25) is 19.6 Å². The van der Waals surface area contributed by atoms with Crippen LogP contribution in [0.4, 0.5) is 5.69 Å². The van der Waals surface area contributed by atoms with Crippen molar-refractivity contribution in [2.45, 2.75) is 19.6 Å². The van der Waals surface area contributed by atoms with E-state index in [0.717, 1.165) is 0 Å². The summed E-state index contributed by atoms with van der Waals surface area (Å²) in [4.78, 5) is 15.4. The maximum Gasteiger partial charge on any atom is 0.356 e. The largest absolute Gasteiger partial charge is 0.464 e. The zero-order chi connectivity index (χ0) is 13.1. The van der Waals surface area contributed by atoms with Gasteiger partial charge in [0.15, 0.2) is 0 Å². The van der Waals surface area contributed by atoms with Crippen LogP contribution in [-0.4, -0.2) is 26.1 Å².